The molecule has 0 saturated heterocycles. The molecular weight excluding hydrogens is 184 g/mol. The van der Waals surface area contributed by atoms with Crippen LogP contribution in [-0.2, 0) is 6.54 Å². The minimum absolute atomic E-state index is 0.398. The van der Waals surface area contributed by atoms with Gasteiger partial charge in [0.05, 0.1) is 6.07 Å². The Morgan fingerprint density at radius 2 is 2.00 bits per heavy atom. The molecular formula is C13H18N2. The number of nitrogens with zero attached hydrogens (tertiary/aromatic N) is 1. The Morgan fingerprint density at radius 1 is 1.33 bits per heavy atom. The van der Waals surface area contributed by atoms with Crippen molar-refractivity contribution in [2.75, 3.05) is 0 Å². The SMILES string of the molecule is CCCC(C)(C#N)NCc1ccccc1. The van der Waals surface area contributed by atoms with Crippen LogP contribution in [0.5, 0.6) is 0 Å². The largest absolute Gasteiger partial charge is 0.296 e. The first-order valence-electron chi connectivity index (χ1n) is 5.40. The molecule has 1 rings (SSSR count). The monoisotopic (exact) mass is 202 g/mol. The summed E-state index contributed by atoms with van der Waals surface area (Å²) in [6.07, 6.45) is 1.90. The molecule has 1 atom stereocenters. The van der Waals surface area contributed by atoms with Crippen molar-refractivity contribution in [2.24, 2.45) is 0 Å². The highest BCUT2D eigenvalue weighted by atomic mass is 15.0. The van der Waals surface area contributed by atoms with Gasteiger partial charge >= 0.3 is 0 Å². The Labute approximate surface area is 91.9 Å². The van der Waals surface area contributed by atoms with E-state index in [-0.39, 0.29) is 0 Å². The van der Waals surface area contributed by atoms with Crippen LogP contribution in [0, 0.1) is 11.3 Å². The highest BCUT2D eigenvalue weighted by Gasteiger charge is 2.21. The summed E-state index contributed by atoms with van der Waals surface area (Å²) in [7, 11) is 0. The average Bonchev–Trinajstić information content (AvgIpc) is 2.28. The minimum atomic E-state index is -0.398. The summed E-state index contributed by atoms with van der Waals surface area (Å²) in [6.45, 7) is 4.81. The zero-order valence-electron chi connectivity index (χ0n) is 9.46. The van der Waals surface area contributed by atoms with Crippen molar-refractivity contribution in [3.8, 4) is 6.07 Å². The van der Waals surface area contributed by atoms with Gasteiger partial charge in [0.15, 0.2) is 0 Å². The summed E-state index contributed by atoms with van der Waals surface area (Å²) in [5.41, 5.74) is 0.819. The van der Waals surface area contributed by atoms with E-state index in [1.165, 1.54) is 5.56 Å². The lowest BCUT2D eigenvalue weighted by Crippen LogP contribution is -2.40. The first kappa shape index (κ1) is 11.7. The third-order valence-electron chi connectivity index (χ3n) is 2.52. The van der Waals surface area contributed by atoms with Gasteiger partial charge in [0.2, 0.25) is 0 Å². The van der Waals surface area contributed by atoms with Crippen LogP contribution in [0.4, 0.5) is 0 Å². The number of hydrogen-bond donors (Lipinski definition) is 1. The van der Waals surface area contributed by atoms with Crippen LogP contribution in [-0.4, -0.2) is 5.54 Å². The molecule has 1 aromatic rings. The van der Waals surface area contributed by atoms with Crippen molar-refractivity contribution in [2.45, 2.75) is 38.8 Å². The fourth-order valence-electron chi connectivity index (χ4n) is 1.58. The van der Waals surface area contributed by atoms with Gasteiger partial charge in [-0.25, -0.2) is 0 Å². The van der Waals surface area contributed by atoms with Gasteiger partial charge in [0.1, 0.15) is 5.54 Å². The van der Waals surface area contributed by atoms with Crippen molar-refractivity contribution in [3.05, 3.63) is 35.9 Å². The number of nitrogens with one attached hydrogen (secondary N) is 1. The Kier molecular flexibility index (Phi) is 4.33. The van der Waals surface area contributed by atoms with Gasteiger partial charge in [0, 0.05) is 6.54 Å². The summed E-state index contributed by atoms with van der Waals surface area (Å²) >= 11 is 0. The third-order valence-corrected chi connectivity index (χ3v) is 2.52. The molecule has 0 bridgehead atoms. The Balaban J connectivity index is 2.52. The second kappa shape index (κ2) is 5.53. The van der Waals surface area contributed by atoms with Gasteiger partial charge in [-0.3, -0.25) is 5.32 Å². The van der Waals surface area contributed by atoms with Crippen LogP contribution in [0.2, 0.25) is 0 Å². The molecule has 0 fully saturated rings. The Morgan fingerprint density at radius 3 is 2.53 bits per heavy atom. The van der Waals surface area contributed by atoms with Crippen LogP contribution in [0.25, 0.3) is 0 Å². The molecule has 0 spiro atoms. The van der Waals surface area contributed by atoms with Gasteiger partial charge in [-0.2, -0.15) is 5.26 Å². The third kappa shape index (κ3) is 3.73. The molecule has 0 aliphatic heterocycles. The van der Waals surface area contributed by atoms with Crippen molar-refractivity contribution >= 4 is 0 Å². The first-order chi connectivity index (χ1) is 7.20. The maximum atomic E-state index is 9.08. The highest BCUT2D eigenvalue weighted by molar-refractivity contribution is 5.15. The van der Waals surface area contributed by atoms with E-state index in [0.717, 1.165) is 19.4 Å². The molecule has 0 heterocycles. The van der Waals surface area contributed by atoms with Crippen LogP contribution >= 0.6 is 0 Å². The maximum absolute atomic E-state index is 9.08. The molecule has 0 aliphatic carbocycles. The molecule has 80 valence electrons. The predicted molar refractivity (Wildman–Crippen MR) is 62.2 cm³/mol. The standard InChI is InChI=1S/C13H18N2/c1-3-9-13(2,11-14)15-10-12-7-5-4-6-8-12/h4-8,15H,3,9-10H2,1-2H3. The Hall–Kier alpha value is -1.33. The molecule has 0 radical (unpaired) electrons. The zero-order chi connectivity index (χ0) is 11.1. The topological polar surface area (TPSA) is 35.8 Å². The molecule has 0 saturated carbocycles. The molecule has 15 heavy (non-hydrogen) atoms. The highest BCUT2D eigenvalue weighted by Crippen LogP contribution is 2.12. The second-order valence-electron chi connectivity index (χ2n) is 4.03. The van der Waals surface area contributed by atoms with Crippen molar-refractivity contribution in [3.63, 3.8) is 0 Å². The van der Waals surface area contributed by atoms with Crippen molar-refractivity contribution in [1.82, 2.24) is 5.32 Å². The van der Waals surface area contributed by atoms with E-state index in [0.29, 0.717) is 0 Å². The van der Waals surface area contributed by atoms with E-state index < -0.39 is 5.54 Å². The van der Waals surface area contributed by atoms with E-state index in [1.54, 1.807) is 0 Å². The maximum Gasteiger partial charge on any atom is 0.104 e. The smallest absolute Gasteiger partial charge is 0.104 e. The molecule has 1 N–H and O–H groups in total. The predicted octanol–water partition coefficient (Wildman–Crippen LogP) is 2.86. The van der Waals surface area contributed by atoms with E-state index in [2.05, 4.69) is 30.4 Å². The molecule has 0 aromatic heterocycles. The summed E-state index contributed by atoms with van der Waals surface area (Å²) in [5, 5.41) is 12.4. The fourth-order valence-corrected chi connectivity index (χ4v) is 1.58. The van der Waals surface area contributed by atoms with Gasteiger partial charge in [0.25, 0.3) is 0 Å². The van der Waals surface area contributed by atoms with Crippen LogP contribution in [0.3, 0.4) is 0 Å². The van der Waals surface area contributed by atoms with Gasteiger partial charge in [-0.15, -0.1) is 0 Å². The zero-order valence-corrected chi connectivity index (χ0v) is 9.46. The lowest BCUT2D eigenvalue weighted by Gasteiger charge is -2.22. The number of nitriles is 1. The normalized spacial score (nSPS) is 14.2. The number of rotatable bonds is 5. The lowest BCUT2D eigenvalue weighted by molar-refractivity contribution is 0.412. The van der Waals surface area contributed by atoms with Crippen LogP contribution < -0.4 is 5.32 Å². The molecule has 2 nitrogen and oxygen atoms in total. The van der Waals surface area contributed by atoms with Crippen LogP contribution in [0.1, 0.15) is 32.3 Å². The average molecular weight is 202 g/mol. The molecule has 0 aliphatic rings. The van der Waals surface area contributed by atoms with E-state index >= 15 is 0 Å². The summed E-state index contributed by atoms with van der Waals surface area (Å²) in [5.74, 6) is 0. The molecule has 2 heteroatoms. The van der Waals surface area contributed by atoms with Crippen molar-refractivity contribution in [1.29, 1.82) is 5.26 Å². The fraction of sp³-hybridized carbons (Fsp3) is 0.462. The van der Waals surface area contributed by atoms with E-state index in [4.69, 9.17) is 5.26 Å². The lowest BCUT2D eigenvalue weighted by atomic mass is 9.98. The van der Waals surface area contributed by atoms with Gasteiger partial charge < -0.3 is 0 Å². The second-order valence-corrected chi connectivity index (χ2v) is 4.03. The quantitative estimate of drug-likeness (QED) is 0.797. The molecule has 0 amide bonds. The van der Waals surface area contributed by atoms with Crippen molar-refractivity contribution < 1.29 is 0 Å². The molecule has 1 unspecified atom stereocenters. The minimum Gasteiger partial charge on any atom is -0.296 e. The van der Waals surface area contributed by atoms with Gasteiger partial charge in [-0.1, -0.05) is 43.7 Å². The summed E-state index contributed by atoms with van der Waals surface area (Å²) < 4.78 is 0. The molecule has 1 aromatic carbocycles. The summed E-state index contributed by atoms with van der Waals surface area (Å²) in [4.78, 5) is 0. The number of benzene rings is 1. The summed E-state index contributed by atoms with van der Waals surface area (Å²) in [6, 6.07) is 12.5. The van der Waals surface area contributed by atoms with Gasteiger partial charge in [-0.05, 0) is 18.9 Å². The van der Waals surface area contributed by atoms with E-state index in [9.17, 15) is 0 Å². The number of hydrogen-bond acceptors (Lipinski definition) is 2. The van der Waals surface area contributed by atoms with Crippen LogP contribution in [0.15, 0.2) is 30.3 Å². The Bertz CT molecular complexity index is 326. The van der Waals surface area contributed by atoms with E-state index in [1.807, 2.05) is 25.1 Å². The first-order valence-corrected chi connectivity index (χ1v) is 5.40.